The number of allylic oxidation sites excluding steroid dienone is 3. The van der Waals surface area contributed by atoms with Gasteiger partial charge in [0.1, 0.15) is 0 Å². The van der Waals surface area contributed by atoms with Gasteiger partial charge in [0.2, 0.25) is 0 Å². The molecule has 0 aliphatic carbocycles. The van der Waals surface area contributed by atoms with Crippen molar-refractivity contribution in [2.24, 2.45) is 0 Å². The number of rotatable bonds is 10. The molecule has 0 spiro atoms. The molecule has 4 heteroatoms. The van der Waals surface area contributed by atoms with E-state index in [4.69, 9.17) is 0 Å². The maximum Gasteiger partial charge on any atom is 0.0771 e. The van der Waals surface area contributed by atoms with E-state index in [0.29, 0.717) is 9.96 Å². The second kappa shape index (κ2) is 9.38. The molecule has 2 unspecified atom stereocenters. The largest absolute Gasteiger partial charge is 0.331 e. The molecule has 1 fully saturated rings. The van der Waals surface area contributed by atoms with Crippen LogP contribution in [0.1, 0.15) is 57.9 Å². The first-order chi connectivity index (χ1) is 12.7. The van der Waals surface area contributed by atoms with Crippen LogP contribution in [0.4, 0.5) is 5.69 Å². The molecule has 2 aliphatic heterocycles. The third-order valence-corrected chi connectivity index (χ3v) is 8.16. The van der Waals surface area contributed by atoms with Crippen molar-refractivity contribution in [1.82, 2.24) is 5.32 Å². The standard InChI is InChI=1S/C22H32N2S2/c1-5-6-7-8-9-13-19-17(3)16(2)18-12-10-11-14-20(18)24(19)15-23-21-22(25-4)26-21/h10-12,14,21-23H,2,5-9,13,15H2,1,3-4H3. The van der Waals surface area contributed by atoms with E-state index in [1.165, 1.54) is 60.2 Å². The van der Waals surface area contributed by atoms with Gasteiger partial charge >= 0.3 is 0 Å². The SMILES string of the molecule is C=C1C(C)=C(CCCCCCC)N(CNC2SC2SC)c2ccccc21. The van der Waals surface area contributed by atoms with Gasteiger partial charge in [-0.25, -0.2) is 0 Å². The average Bonchev–Trinajstić information content (AvgIpc) is 3.43. The Kier molecular flexibility index (Phi) is 7.19. The van der Waals surface area contributed by atoms with Crippen LogP contribution in [-0.2, 0) is 0 Å². The summed E-state index contributed by atoms with van der Waals surface area (Å²) in [7, 11) is 0. The Morgan fingerprint density at radius 3 is 2.69 bits per heavy atom. The molecule has 142 valence electrons. The third kappa shape index (κ3) is 4.52. The summed E-state index contributed by atoms with van der Waals surface area (Å²) in [4.78, 5) is 2.51. The van der Waals surface area contributed by atoms with Crippen molar-refractivity contribution in [3.8, 4) is 0 Å². The van der Waals surface area contributed by atoms with Crippen molar-refractivity contribution in [2.45, 2.75) is 62.3 Å². The molecule has 0 amide bonds. The van der Waals surface area contributed by atoms with Gasteiger partial charge in [-0.2, -0.15) is 0 Å². The molecule has 1 aromatic rings. The summed E-state index contributed by atoms with van der Waals surface area (Å²) >= 11 is 3.98. The molecule has 0 radical (unpaired) electrons. The van der Waals surface area contributed by atoms with E-state index >= 15 is 0 Å². The van der Waals surface area contributed by atoms with Crippen LogP contribution in [0.2, 0.25) is 0 Å². The lowest BCUT2D eigenvalue weighted by Gasteiger charge is -2.36. The molecule has 2 heterocycles. The molecule has 0 bridgehead atoms. The van der Waals surface area contributed by atoms with Gasteiger partial charge in [-0.3, -0.25) is 5.32 Å². The van der Waals surface area contributed by atoms with Gasteiger partial charge in [0, 0.05) is 16.9 Å². The molecule has 2 atom stereocenters. The van der Waals surface area contributed by atoms with Crippen LogP contribution in [0.15, 0.2) is 42.1 Å². The topological polar surface area (TPSA) is 15.3 Å². The molecule has 0 aromatic heterocycles. The highest BCUT2D eigenvalue weighted by molar-refractivity contribution is 8.23. The normalized spacial score (nSPS) is 22.0. The van der Waals surface area contributed by atoms with Crippen molar-refractivity contribution >= 4 is 34.8 Å². The van der Waals surface area contributed by atoms with Crippen LogP contribution in [0.3, 0.4) is 0 Å². The van der Waals surface area contributed by atoms with Crippen molar-refractivity contribution in [3.63, 3.8) is 0 Å². The number of hydrogen-bond donors (Lipinski definition) is 1. The molecule has 1 saturated heterocycles. The first kappa shape index (κ1) is 19.9. The Labute approximate surface area is 167 Å². The second-order valence-corrected chi connectivity index (χ2v) is 9.75. The monoisotopic (exact) mass is 388 g/mol. The van der Waals surface area contributed by atoms with Gasteiger partial charge in [0.05, 0.1) is 16.6 Å². The number of unbranched alkanes of at least 4 members (excludes halogenated alkanes) is 4. The zero-order valence-corrected chi connectivity index (χ0v) is 18.0. The van der Waals surface area contributed by atoms with Crippen LogP contribution >= 0.6 is 23.5 Å². The summed E-state index contributed by atoms with van der Waals surface area (Å²) in [6.45, 7) is 9.82. The van der Waals surface area contributed by atoms with Crippen molar-refractivity contribution in [3.05, 3.63) is 47.7 Å². The van der Waals surface area contributed by atoms with E-state index in [9.17, 15) is 0 Å². The summed E-state index contributed by atoms with van der Waals surface area (Å²) in [5, 5.41) is 4.34. The number of benzene rings is 1. The molecule has 1 N–H and O–H groups in total. The Morgan fingerprint density at radius 1 is 1.19 bits per heavy atom. The summed E-state index contributed by atoms with van der Waals surface area (Å²) in [6, 6.07) is 8.73. The fourth-order valence-corrected chi connectivity index (χ4v) is 5.64. The van der Waals surface area contributed by atoms with Gasteiger partial charge in [-0.15, -0.1) is 23.5 Å². The van der Waals surface area contributed by atoms with Gasteiger partial charge < -0.3 is 4.90 Å². The Hall–Kier alpha value is -0.840. The first-order valence-electron chi connectivity index (χ1n) is 9.85. The van der Waals surface area contributed by atoms with Crippen molar-refractivity contribution in [2.75, 3.05) is 17.8 Å². The molecule has 2 aliphatic rings. The van der Waals surface area contributed by atoms with Crippen LogP contribution < -0.4 is 10.2 Å². The predicted octanol–water partition coefficient (Wildman–Crippen LogP) is 6.46. The Morgan fingerprint density at radius 2 is 1.96 bits per heavy atom. The minimum atomic E-state index is 0.591. The lowest BCUT2D eigenvalue weighted by molar-refractivity contribution is 0.612. The number of para-hydroxylation sites is 1. The van der Waals surface area contributed by atoms with E-state index < -0.39 is 0 Å². The molecule has 26 heavy (non-hydrogen) atoms. The first-order valence-corrected chi connectivity index (χ1v) is 12.1. The number of nitrogens with one attached hydrogen (secondary N) is 1. The van der Waals surface area contributed by atoms with E-state index in [1.54, 1.807) is 0 Å². The summed E-state index contributed by atoms with van der Waals surface area (Å²) < 4.78 is 0.715. The maximum atomic E-state index is 4.40. The van der Waals surface area contributed by atoms with Crippen LogP contribution in [0.25, 0.3) is 5.57 Å². The Balaban J connectivity index is 1.73. The van der Waals surface area contributed by atoms with Crippen LogP contribution in [0.5, 0.6) is 0 Å². The predicted molar refractivity (Wildman–Crippen MR) is 121 cm³/mol. The fourth-order valence-electron chi connectivity index (χ4n) is 3.69. The smallest absolute Gasteiger partial charge is 0.0771 e. The zero-order valence-electron chi connectivity index (χ0n) is 16.4. The highest BCUT2D eigenvalue weighted by atomic mass is 32.2. The molecule has 1 aromatic carbocycles. The minimum Gasteiger partial charge on any atom is -0.331 e. The van der Waals surface area contributed by atoms with E-state index in [2.05, 4.69) is 61.2 Å². The van der Waals surface area contributed by atoms with E-state index in [1.807, 2.05) is 23.5 Å². The van der Waals surface area contributed by atoms with E-state index in [-0.39, 0.29) is 0 Å². The number of nitrogens with zero attached hydrogens (tertiary/aromatic N) is 1. The average molecular weight is 389 g/mol. The highest BCUT2D eigenvalue weighted by Gasteiger charge is 2.38. The molecule has 0 saturated carbocycles. The fraction of sp³-hybridized carbons (Fsp3) is 0.545. The van der Waals surface area contributed by atoms with Gasteiger partial charge in [-0.1, -0.05) is 57.4 Å². The minimum absolute atomic E-state index is 0.591. The summed E-state index contributed by atoms with van der Waals surface area (Å²) in [5.74, 6) is 0. The molecule has 2 nitrogen and oxygen atoms in total. The van der Waals surface area contributed by atoms with Crippen LogP contribution in [-0.4, -0.2) is 22.9 Å². The number of fused-ring (bicyclic) bond motifs is 1. The Bertz CT molecular complexity index is 668. The quantitative estimate of drug-likeness (QED) is 0.365. The second-order valence-electron chi connectivity index (χ2n) is 7.18. The summed E-state index contributed by atoms with van der Waals surface area (Å²) in [6.07, 6.45) is 9.95. The number of anilines is 1. The van der Waals surface area contributed by atoms with Gasteiger partial charge in [0.15, 0.2) is 0 Å². The molecular formula is C22H32N2S2. The van der Waals surface area contributed by atoms with Gasteiger partial charge in [0.25, 0.3) is 0 Å². The third-order valence-electron chi connectivity index (χ3n) is 5.38. The maximum absolute atomic E-state index is 4.40. The highest BCUT2D eigenvalue weighted by Crippen LogP contribution is 2.46. The number of thioether (sulfide) groups is 2. The lowest BCUT2D eigenvalue weighted by atomic mass is 9.90. The number of hydrogen-bond acceptors (Lipinski definition) is 4. The van der Waals surface area contributed by atoms with Crippen LogP contribution in [0, 0.1) is 0 Å². The molecule has 3 rings (SSSR count). The zero-order chi connectivity index (χ0) is 18.5. The lowest BCUT2D eigenvalue weighted by Crippen LogP contribution is -2.38. The molecular weight excluding hydrogens is 356 g/mol. The van der Waals surface area contributed by atoms with Gasteiger partial charge in [-0.05, 0) is 43.2 Å². The van der Waals surface area contributed by atoms with Crippen molar-refractivity contribution in [1.29, 1.82) is 0 Å². The summed E-state index contributed by atoms with van der Waals surface area (Å²) in [5.41, 5.74) is 6.62. The van der Waals surface area contributed by atoms with Crippen molar-refractivity contribution < 1.29 is 0 Å². The van der Waals surface area contributed by atoms with E-state index in [0.717, 1.165) is 13.1 Å².